The van der Waals surface area contributed by atoms with Gasteiger partial charge in [-0.05, 0) is 24.2 Å². The standard InChI is InChI=1S/C13H16OS/c1-2-10-3-5-11(6-4-10)13(14)12-7-8-15-9-12/h3-6,12H,2,7-9H2,1H3. The Morgan fingerprint density at radius 2 is 2.13 bits per heavy atom. The average Bonchev–Trinajstić information content (AvgIpc) is 2.82. The highest BCUT2D eigenvalue weighted by Gasteiger charge is 2.23. The van der Waals surface area contributed by atoms with Crippen LogP contribution in [0.1, 0.15) is 29.3 Å². The lowest BCUT2D eigenvalue weighted by molar-refractivity contribution is 0.0933. The van der Waals surface area contributed by atoms with E-state index in [2.05, 4.69) is 19.1 Å². The SMILES string of the molecule is CCc1ccc(C(=O)C2CCSC2)cc1. The van der Waals surface area contributed by atoms with Crippen LogP contribution in [0.2, 0.25) is 0 Å². The summed E-state index contributed by atoms with van der Waals surface area (Å²) < 4.78 is 0. The van der Waals surface area contributed by atoms with Crippen LogP contribution < -0.4 is 0 Å². The van der Waals surface area contributed by atoms with Gasteiger partial charge in [0.2, 0.25) is 0 Å². The van der Waals surface area contributed by atoms with Gasteiger partial charge in [-0.3, -0.25) is 4.79 Å². The molecule has 0 radical (unpaired) electrons. The summed E-state index contributed by atoms with van der Waals surface area (Å²) in [6.45, 7) is 2.13. The Balaban J connectivity index is 2.11. The molecule has 0 bridgehead atoms. The van der Waals surface area contributed by atoms with Crippen molar-refractivity contribution in [2.45, 2.75) is 19.8 Å². The molecule has 1 nitrogen and oxygen atoms in total. The first-order valence-electron chi connectivity index (χ1n) is 5.52. The van der Waals surface area contributed by atoms with E-state index in [4.69, 9.17) is 0 Å². The Labute approximate surface area is 95.3 Å². The molecule has 2 rings (SSSR count). The van der Waals surface area contributed by atoms with Gasteiger partial charge in [-0.25, -0.2) is 0 Å². The number of benzene rings is 1. The molecule has 1 saturated heterocycles. The zero-order valence-electron chi connectivity index (χ0n) is 9.03. The largest absolute Gasteiger partial charge is 0.294 e. The number of rotatable bonds is 3. The molecule has 1 aliphatic heterocycles. The van der Waals surface area contributed by atoms with Gasteiger partial charge in [-0.1, -0.05) is 31.2 Å². The molecule has 1 atom stereocenters. The summed E-state index contributed by atoms with van der Waals surface area (Å²) in [5.74, 6) is 2.75. The molecule has 1 aromatic rings. The molecule has 0 spiro atoms. The van der Waals surface area contributed by atoms with Crippen molar-refractivity contribution in [2.75, 3.05) is 11.5 Å². The number of hydrogen-bond donors (Lipinski definition) is 0. The number of carbonyl (C=O) groups excluding carboxylic acids is 1. The maximum atomic E-state index is 12.0. The fourth-order valence-corrected chi connectivity index (χ4v) is 3.10. The minimum absolute atomic E-state index is 0.266. The van der Waals surface area contributed by atoms with Crippen LogP contribution >= 0.6 is 11.8 Å². The van der Waals surface area contributed by atoms with Gasteiger partial charge in [0.1, 0.15) is 0 Å². The number of carbonyl (C=O) groups is 1. The van der Waals surface area contributed by atoms with Crippen LogP contribution in [0.15, 0.2) is 24.3 Å². The first-order chi connectivity index (χ1) is 7.31. The second-order valence-electron chi connectivity index (χ2n) is 3.98. The van der Waals surface area contributed by atoms with Crippen molar-refractivity contribution < 1.29 is 4.79 Å². The maximum absolute atomic E-state index is 12.0. The van der Waals surface area contributed by atoms with Crippen molar-refractivity contribution >= 4 is 17.5 Å². The van der Waals surface area contributed by atoms with Gasteiger partial charge in [-0.15, -0.1) is 0 Å². The van der Waals surface area contributed by atoms with E-state index in [1.807, 2.05) is 23.9 Å². The van der Waals surface area contributed by atoms with E-state index in [0.717, 1.165) is 29.9 Å². The van der Waals surface area contributed by atoms with Crippen LogP contribution in [0.25, 0.3) is 0 Å². The van der Waals surface area contributed by atoms with Gasteiger partial charge >= 0.3 is 0 Å². The van der Waals surface area contributed by atoms with E-state index in [1.165, 1.54) is 5.56 Å². The first kappa shape index (κ1) is 10.7. The Hall–Kier alpha value is -0.760. The van der Waals surface area contributed by atoms with Crippen LogP contribution in [0.5, 0.6) is 0 Å². The normalized spacial score (nSPS) is 20.5. The molecule has 0 aromatic heterocycles. The number of aryl methyl sites for hydroxylation is 1. The van der Waals surface area contributed by atoms with Crippen LogP contribution in [0, 0.1) is 5.92 Å². The Kier molecular flexibility index (Phi) is 3.47. The van der Waals surface area contributed by atoms with E-state index in [0.29, 0.717) is 5.78 Å². The first-order valence-corrected chi connectivity index (χ1v) is 6.67. The molecule has 1 heterocycles. The van der Waals surface area contributed by atoms with Crippen molar-refractivity contribution in [3.05, 3.63) is 35.4 Å². The van der Waals surface area contributed by atoms with Crippen LogP contribution in [-0.4, -0.2) is 17.3 Å². The summed E-state index contributed by atoms with van der Waals surface area (Å²) >= 11 is 1.89. The highest BCUT2D eigenvalue weighted by molar-refractivity contribution is 7.99. The van der Waals surface area contributed by atoms with Gasteiger partial charge in [0.15, 0.2) is 5.78 Å². The lowest BCUT2D eigenvalue weighted by Crippen LogP contribution is -2.13. The van der Waals surface area contributed by atoms with E-state index in [-0.39, 0.29) is 5.92 Å². The lowest BCUT2D eigenvalue weighted by atomic mass is 9.96. The zero-order valence-corrected chi connectivity index (χ0v) is 9.85. The topological polar surface area (TPSA) is 17.1 Å². The van der Waals surface area contributed by atoms with Crippen molar-refractivity contribution in [2.24, 2.45) is 5.92 Å². The summed E-state index contributed by atoms with van der Waals surface area (Å²) in [6, 6.07) is 8.08. The van der Waals surface area contributed by atoms with Crippen molar-refractivity contribution in [3.63, 3.8) is 0 Å². The highest BCUT2D eigenvalue weighted by atomic mass is 32.2. The Morgan fingerprint density at radius 3 is 2.67 bits per heavy atom. The van der Waals surface area contributed by atoms with Gasteiger partial charge in [0, 0.05) is 17.2 Å². The third-order valence-electron chi connectivity index (χ3n) is 2.95. The molecule has 0 saturated carbocycles. The maximum Gasteiger partial charge on any atom is 0.166 e. The molecule has 80 valence electrons. The highest BCUT2D eigenvalue weighted by Crippen LogP contribution is 2.26. The Morgan fingerprint density at radius 1 is 1.40 bits per heavy atom. The summed E-state index contributed by atoms with van der Waals surface area (Å²) in [4.78, 5) is 12.0. The monoisotopic (exact) mass is 220 g/mol. The fraction of sp³-hybridized carbons (Fsp3) is 0.462. The van der Waals surface area contributed by atoms with Gasteiger partial charge < -0.3 is 0 Å². The summed E-state index contributed by atoms with van der Waals surface area (Å²) in [6.07, 6.45) is 2.09. The molecule has 15 heavy (non-hydrogen) atoms. The van der Waals surface area contributed by atoms with E-state index in [1.54, 1.807) is 0 Å². The number of thioether (sulfide) groups is 1. The second-order valence-corrected chi connectivity index (χ2v) is 5.13. The fourth-order valence-electron chi connectivity index (χ4n) is 1.88. The molecule has 0 aliphatic carbocycles. The molecule has 1 unspecified atom stereocenters. The minimum Gasteiger partial charge on any atom is -0.294 e. The molecular formula is C13H16OS. The average molecular weight is 220 g/mol. The third kappa shape index (κ3) is 2.43. The third-order valence-corrected chi connectivity index (χ3v) is 4.11. The second kappa shape index (κ2) is 4.84. The van der Waals surface area contributed by atoms with E-state index < -0.39 is 0 Å². The quantitative estimate of drug-likeness (QED) is 0.728. The molecule has 0 N–H and O–H groups in total. The summed E-state index contributed by atoms with van der Waals surface area (Å²) in [5, 5.41) is 0. The summed E-state index contributed by atoms with van der Waals surface area (Å²) in [5.41, 5.74) is 2.19. The number of Topliss-reactive ketones (excluding diaryl/α,β-unsaturated/α-hetero) is 1. The zero-order chi connectivity index (χ0) is 10.7. The van der Waals surface area contributed by atoms with Crippen molar-refractivity contribution in [3.8, 4) is 0 Å². The molecule has 1 aliphatic rings. The molecule has 1 aromatic carbocycles. The smallest absolute Gasteiger partial charge is 0.166 e. The lowest BCUT2D eigenvalue weighted by Gasteiger charge is -2.07. The molecule has 2 heteroatoms. The van der Waals surface area contributed by atoms with E-state index in [9.17, 15) is 4.79 Å². The predicted octanol–water partition coefficient (Wildman–Crippen LogP) is 3.18. The van der Waals surface area contributed by atoms with E-state index >= 15 is 0 Å². The molecule has 1 fully saturated rings. The number of hydrogen-bond acceptors (Lipinski definition) is 2. The van der Waals surface area contributed by atoms with Crippen LogP contribution in [0.4, 0.5) is 0 Å². The molecular weight excluding hydrogens is 204 g/mol. The van der Waals surface area contributed by atoms with Crippen LogP contribution in [0.3, 0.4) is 0 Å². The van der Waals surface area contributed by atoms with Gasteiger partial charge in [-0.2, -0.15) is 11.8 Å². The number of ketones is 1. The van der Waals surface area contributed by atoms with Crippen molar-refractivity contribution in [1.29, 1.82) is 0 Å². The Bertz CT molecular complexity index is 336. The van der Waals surface area contributed by atoms with Crippen LogP contribution in [-0.2, 0) is 6.42 Å². The predicted molar refractivity (Wildman–Crippen MR) is 65.6 cm³/mol. The molecule has 0 amide bonds. The van der Waals surface area contributed by atoms with Crippen molar-refractivity contribution in [1.82, 2.24) is 0 Å². The minimum atomic E-state index is 0.266. The van der Waals surface area contributed by atoms with Gasteiger partial charge in [0.25, 0.3) is 0 Å². The van der Waals surface area contributed by atoms with Gasteiger partial charge in [0.05, 0.1) is 0 Å². The summed E-state index contributed by atoms with van der Waals surface area (Å²) in [7, 11) is 0.